The Morgan fingerprint density at radius 1 is 1.48 bits per heavy atom. The molecule has 0 radical (unpaired) electrons. The number of nitro groups is 1. The van der Waals surface area contributed by atoms with E-state index < -0.39 is 11.0 Å². The first-order valence-electron chi connectivity index (χ1n) is 6.45. The van der Waals surface area contributed by atoms with Crippen molar-refractivity contribution in [1.29, 1.82) is 0 Å². The molecule has 112 valence electrons. The van der Waals surface area contributed by atoms with E-state index in [1.807, 2.05) is 0 Å². The summed E-state index contributed by atoms with van der Waals surface area (Å²) in [7, 11) is 1.62. The van der Waals surface area contributed by atoms with E-state index in [0.29, 0.717) is 18.6 Å². The van der Waals surface area contributed by atoms with Crippen LogP contribution in [-0.2, 0) is 4.74 Å². The number of para-hydroxylation sites is 1. The molecule has 2 rings (SSSR count). The molecule has 0 fully saturated rings. The van der Waals surface area contributed by atoms with Crippen molar-refractivity contribution < 1.29 is 14.2 Å². The van der Waals surface area contributed by atoms with Gasteiger partial charge in [-0.05, 0) is 18.9 Å². The van der Waals surface area contributed by atoms with Gasteiger partial charge in [-0.2, -0.15) is 4.98 Å². The van der Waals surface area contributed by atoms with Crippen LogP contribution in [0.15, 0.2) is 28.8 Å². The van der Waals surface area contributed by atoms with Gasteiger partial charge in [-0.25, -0.2) is 0 Å². The third-order valence-corrected chi connectivity index (χ3v) is 2.96. The van der Waals surface area contributed by atoms with Crippen molar-refractivity contribution in [2.45, 2.75) is 18.9 Å². The number of methoxy groups -OCH3 is 1. The lowest BCUT2D eigenvalue weighted by molar-refractivity contribution is -0.384. The summed E-state index contributed by atoms with van der Waals surface area (Å²) in [5.41, 5.74) is 6.17. The molecule has 0 bridgehead atoms. The topological polar surface area (TPSA) is 117 Å². The summed E-state index contributed by atoms with van der Waals surface area (Å²) < 4.78 is 10.0. The fraction of sp³-hybridized carbons (Fsp3) is 0.385. The van der Waals surface area contributed by atoms with Crippen molar-refractivity contribution in [1.82, 2.24) is 10.1 Å². The van der Waals surface area contributed by atoms with Crippen LogP contribution in [0.5, 0.6) is 0 Å². The second-order valence-corrected chi connectivity index (χ2v) is 4.47. The first-order chi connectivity index (χ1) is 10.1. The molecule has 1 heterocycles. The maximum absolute atomic E-state index is 11.0. The number of hydrogen-bond acceptors (Lipinski definition) is 7. The van der Waals surface area contributed by atoms with Crippen molar-refractivity contribution in [3.8, 4) is 11.4 Å². The Balaban J connectivity index is 2.18. The van der Waals surface area contributed by atoms with E-state index in [4.69, 9.17) is 15.0 Å². The van der Waals surface area contributed by atoms with Crippen molar-refractivity contribution in [2.24, 2.45) is 5.73 Å². The number of nitrogens with two attached hydrogens (primary N) is 1. The molecule has 1 atom stereocenters. The van der Waals surface area contributed by atoms with Gasteiger partial charge in [0.1, 0.15) is 5.56 Å². The summed E-state index contributed by atoms with van der Waals surface area (Å²) >= 11 is 0. The molecule has 0 aliphatic rings. The zero-order valence-corrected chi connectivity index (χ0v) is 11.6. The highest BCUT2D eigenvalue weighted by molar-refractivity contribution is 5.67. The van der Waals surface area contributed by atoms with E-state index in [-0.39, 0.29) is 17.4 Å². The van der Waals surface area contributed by atoms with E-state index in [1.165, 1.54) is 6.07 Å². The van der Waals surface area contributed by atoms with Crippen molar-refractivity contribution in [3.63, 3.8) is 0 Å². The molecule has 1 unspecified atom stereocenters. The Labute approximate surface area is 121 Å². The molecule has 2 N–H and O–H groups in total. The maximum Gasteiger partial charge on any atom is 0.280 e. The summed E-state index contributed by atoms with van der Waals surface area (Å²) in [5.74, 6) is 0.429. The first-order valence-corrected chi connectivity index (χ1v) is 6.45. The van der Waals surface area contributed by atoms with Crippen LogP contribution in [0.4, 0.5) is 5.69 Å². The van der Waals surface area contributed by atoms with E-state index >= 15 is 0 Å². The van der Waals surface area contributed by atoms with Gasteiger partial charge in [0, 0.05) is 19.8 Å². The van der Waals surface area contributed by atoms with Crippen LogP contribution in [0.2, 0.25) is 0 Å². The monoisotopic (exact) mass is 292 g/mol. The molecule has 21 heavy (non-hydrogen) atoms. The summed E-state index contributed by atoms with van der Waals surface area (Å²) in [5, 5.41) is 14.8. The van der Waals surface area contributed by atoms with Gasteiger partial charge in [0.05, 0.1) is 11.0 Å². The highest BCUT2D eigenvalue weighted by atomic mass is 16.6. The molecular formula is C13H16N4O4. The Bertz CT molecular complexity index is 614. The van der Waals surface area contributed by atoms with Crippen LogP contribution < -0.4 is 5.73 Å². The Morgan fingerprint density at radius 2 is 2.24 bits per heavy atom. The number of nitrogens with zero attached hydrogens (tertiary/aromatic N) is 3. The van der Waals surface area contributed by atoms with Crippen molar-refractivity contribution in [3.05, 3.63) is 40.3 Å². The largest absolute Gasteiger partial charge is 0.385 e. The predicted molar refractivity (Wildman–Crippen MR) is 74.4 cm³/mol. The SMILES string of the molecule is COCCCC(N)c1nc(-c2ccccc2[N+](=O)[O-])no1. The smallest absolute Gasteiger partial charge is 0.280 e. The molecule has 1 aromatic carbocycles. The summed E-state index contributed by atoms with van der Waals surface area (Å²) in [6.45, 7) is 0.596. The van der Waals surface area contributed by atoms with Crippen LogP contribution in [0.3, 0.4) is 0 Å². The molecule has 0 saturated heterocycles. The minimum Gasteiger partial charge on any atom is -0.385 e. The van der Waals surface area contributed by atoms with E-state index in [1.54, 1.807) is 25.3 Å². The number of hydrogen-bond donors (Lipinski definition) is 1. The Hall–Kier alpha value is -2.32. The number of nitro benzene ring substituents is 1. The average molecular weight is 292 g/mol. The molecular weight excluding hydrogens is 276 g/mol. The van der Waals surface area contributed by atoms with Crippen LogP contribution in [0.1, 0.15) is 24.8 Å². The third kappa shape index (κ3) is 3.61. The predicted octanol–water partition coefficient (Wildman–Crippen LogP) is 2.07. The highest BCUT2D eigenvalue weighted by Gasteiger charge is 2.21. The molecule has 0 amide bonds. The second-order valence-electron chi connectivity index (χ2n) is 4.47. The average Bonchev–Trinajstić information content (AvgIpc) is 2.97. The standard InChI is InChI=1S/C13H16N4O4/c1-20-8-4-6-10(14)13-15-12(16-21-13)9-5-2-3-7-11(9)17(18)19/h2-3,5,7,10H,4,6,8,14H2,1H3. The fourth-order valence-corrected chi connectivity index (χ4v) is 1.89. The summed E-state index contributed by atoms with van der Waals surface area (Å²) in [4.78, 5) is 14.7. The summed E-state index contributed by atoms with van der Waals surface area (Å²) in [6.07, 6.45) is 1.40. The van der Waals surface area contributed by atoms with Gasteiger partial charge >= 0.3 is 0 Å². The Kier molecular flexibility index (Phi) is 4.96. The minimum atomic E-state index is -0.482. The highest BCUT2D eigenvalue weighted by Crippen LogP contribution is 2.28. The minimum absolute atomic E-state index is 0.0715. The van der Waals surface area contributed by atoms with Crippen LogP contribution in [0, 0.1) is 10.1 Å². The molecule has 2 aromatic rings. The van der Waals surface area contributed by atoms with E-state index in [2.05, 4.69) is 10.1 Å². The van der Waals surface area contributed by atoms with E-state index in [0.717, 1.165) is 6.42 Å². The molecule has 0 aliphatic carbocycles. The fourth-order valence-electron chi connectivity index (χ4n) is 1.89. The third-order valence-electron chi connectivity index (χ3n) is 2.96. The maximum atomic E-state index is 11.0. The van der Waals surface area contributed by atoms with Crippen molar-refractivity contribution in [2.75, 3.05) is 13.7 Å². The first kappa shape index (κ1) is 15.1. The van der Waals surface area contributed by atoms with Crippen molar-refractivity contribution >= 4 is 5.69 Å². The lowest BCUT2D eigenvalue weighted by Crippen LogP contribution is -2.11. The number of aromatic nitrogens is 2. The van der Waals surface area contributed by atoms with E-state index in [9.17, 15) is 10.1 Å². The molecule has 0 aliphatic heterocycles. The molecule has 0 spiro atoms. The van der Waals surface area contributed by atoms with Gasteiger partial charge in [-0.3, -0.25) is 10.1 Å². The van der Waals surface area contributed by atoms with Gasteiger partial charge in [-0.15, -0.1) is 0 Å². The molecule has 8 nitrogen and oxygen atoms in total. The van der Waals surface area contributed by atoms with Gasteiger partial charge < -0.3 is 15.0 Å². The second kappa shape index (κ2) is 6.91. The number of benzene rings is 1. The number of ether oxygens (including phenoxy) is 1. The molecule has 1 aromatic heterocycles. The van der Waals surface area contributed by atoms with Crippen LogP contribution in [0.25, 0.3) is 11.4 Å². The van der Waals surface area contributed by atoms with Crippen LogP contribution in [-0.4, -0.2) is 28.8 Å². The lowest BCUT2D eigenvalue weighted by atomic mass is 10.1. The molecule has 0 saturated carbocycles. The zero-order valence-electron chi connectivity index (χ0n) is 11.6. The normalized spacial score (nSPS) is 12.3. The van der Waals surface area contributed by atoms with Gasteiger partial charge in [0.2, 0.25) is 11.7 Å². The summed E-state index contributed by atoms with van der Waals surface area (Å²) in [6, 6.07) is 5.81. The van der Waals surface area contributed by atoms with Crippen LogP contribution >= 0.6 is 0 Å². The number of rotatable bonds is 7. The lowest BCUT2D eigenvalue weighted by Gasteiger charge is -2.04. The molecule has 8 heteroatoms. The zero-order chi connectivity index (χ0) is 15.2. The Morgan fingerprint density at radius 3 is 2.95 bits per heavy atom. The quantitative estimate of drug-likeness (QED) is 0.471. The van der Waals surface area contributed by atoms with Gasteiger partial charge in [-0.1, -0.05) is 17.3 Å². The van der Waals surface area contributed by atoms with Gasteiger partial charge in [0.15, 0.2) is 0 Å². The van der Waals surface area contributed by atoms with Gasteiger partial charge in [0.25, 0.3) is 5.69 Å².